The van der Waals surface area contributed by atoms with Gasteiger partial charge in [-0.25, -0.2) is 0 Å². The molecule has 1 N–H and O–H groups in total. The van der Waals surface area contributed by atoms with Crippen LogP contribution >= 0.6 is 11.3 Å². The van der Waals surface area contributed by atoms with E-state index >= 15 is 0 Å². The van der Waals surface area contributed by atoms with Gasteiger partial charge in [-0.1, -0.05) is 13.0 Å². The van der Waals surface area contributed by atoms with Crippen LogP contribution in [-0.4, -0.2) is 14.2 Å². The molecule has 3 nitrogen and oxygen atoms in total. The third-order valence-corrected chi connectivity index (χ3v) is 4.28. The number of benzene rings is 1. The Bertz CT molecular complexity index is 551. The highest BCUT2D eigenvalue weighted by molar-refractivity contribution is 7.11. The third kappa shape index (κ3) is 3.74. The standard InChI is InChI=1S/C16H21NO2S/c1-4-14-7-8-15(20-14)11-19-16-9-13(18-3)6-5-12(16)10-17-2/h5-9,17H,4,10-11H2,1-3H3. The van der Waals surface area contributed by atoms with Crippen molar-refractivity contribution in [3.05, 3.63) is 45.6 Å². The summed E-state index contributed by atoms with van der Waals surface area (Å²) in [5.41, 5.74) is 1.14. The minimum Gasteiger partial charge on any atom is -0.497 e. The van der Waals surface area contributed by atoms with Crippen LogP contribution in [-0.2, 0) is 19.6 Å². The molecule has 0 unspecified atom stereocenters. The van der Waals surface area contributed by atoms with Crippen molar-refractivity contribution in [1.82, 2.24) is 5.32 Å². The number of hydrogen-bond donors (Lipinski definition) is 1. The van der Waals surface area contributed by atoms with Gasteiger partial charge in [0.15, 0.2) is 0 Å². The average Bonchev–Trinajstić information content (AvgIpc) is 2.94. The maximum Gasteiger partial charge on any atom is 0.128 e. The van der Waals surface area contributed by atoms with Crippen molar-refractivity contribution in [2.45, 2.75) is 26.5 Å². The van der Waals surface area contributed by atoms with E-state index in [0.717, 1.165) is 30.0 Å². The predicted octanol–water partition coefficient (Wildman–Crippen LogP) is 3.62. The first-order valence-electron chi connectivity index (χ1n) is 6.78. The van der Waals surface area contributed by atoms with Crippen molar-refractivity contribution in [3.63, 3.8) is 0 Å². The summed E-state index contributed by atoms with van der Waals surface area (Å²) in [4.78, 5) is 2.64. The van der Waals surface area contributed by atoms with E-state index in [1.54, 1.807) is 7.11 Å². The smallest absolute Gasteiger partial charge is 0.128 e. The molecule has 0 amide bonds. The molecule has 4 heteroatoms. The first-order valence-corrected chi connectivity index (χ1v) is 7.60. The zero-order chi connectivity index (χ0) is 14.4. The van der Waals surface area contributed by atoms with Crippen LogP contribution in [0.4, 0.5) is 0 Å². The molecule has 0 radical (unpaired) electrons. The molecule has 1 heterocycles. The molecule has 0 saturated heterocycles. The maximum atomic E-state index is 5.97. The van der Waals surface area contributed by atoms with E-state index in [4.69, 9.17) is 9.47 Å². The van der Waals surface area contributed by atoms with Gasteiger partial charge in [0.25, 0.3) is 0 Å². The van der Waals surface area contributed by atoms with E-state index in [0.29, 0.717) is 6.61 Å². The van der Waals surface area contributed by atoms with E-state index in [9.17, 15) is 0 Å². The van der Waals surface area contributed by atoms with Gasteiger partial charge in [0, 0.05) is 27.9 Å². The van der Waals surface area contributed by atoms with Crippen LogP contribution in [0.3, 0.4) is 0 Å². The van der Waals surface area contributed by atoms with Crippen molar-refractivity contribution in [3.8, 4) is 11.5 Å². The summed E-state index contributed by atoms with van der Waals surface area (Å²) in [5, 5.41) is 3.16. The monoisotopic (exact) mass is 291 g/mol. The Labute approximate surface area is 124 Å². The quantitative estimate of drug-likeness (QED) is 0.845. The molecular weight excluding hydrogens is 270 g/mol. The second kappa shape index (κ2) is 7.31. The SMILES string of the molecule is CCc1ccc(COc2cc(OC)ccc2CNC)s1. The summed E-state index contributed by atoms with van der Waals surface area (Å²) in [5.74, 6) is 1.70. The van der Waals surface area contributed by atoms with Gasteiger partial charge < -0.3 is 14.8 Å². The number of aryl methyl sites for hydroxylation is 1. The maximum absolute atomic E-state index is 5.97. The molecule has 108 valence electrons. The van der Waals surface area contributed by atoms with Gasteiger partial charge in [-0.3, -0.25) is 0 Å². The molecule has 0 bridgehead atoms. The lowest BCUT2D eigenvalue weighted by molar-refractivity contribution is 0.303. The summed E-state index contributed by atoms with van der Waals surface area (Å²) in [6.45, 7) is 3.56. The largest absolute Gasteiger partial charge is 0.497 e. The first kappa shape index (κ1) is 14.9. The molecule has 0 aliphatic rings. The van der Waals surface area contributed by atoms with Crippen LogP contribution in [0.15, 0.2) is 30.3 Å². The van der Waals surface area contributed by atoms with Gasteiger partial charge in [0.05, 0.1) is 7.11 Å². The van der Waals surface area contributed by atoms with Crippen LogP contribution < -0.4 is 14.8 Å². The lowest BCUT2D eigenvalue weighted by atomic mass is 10.2. The highest BCUT2D eigenvalue weighted by atomic mass is 32.1. The molecule has 2 aromatic rings. The van der Waals surface area contributed by atoms with E-state index in [1.807, 2.05) is 36.6 Å². The number of ether oxygens (including phenoxy) is 2. The second-order valence-electron chi connectivity index (χ2n) is 4.51. The van der Waals surface area contributed by atoms with Crippen molar-refractivity contribution in [1.29, 1.82) is 0 Å². The van der Waals surface area contributed by atoms with Crippen molar-refractivity contribution >= 4 is 11.3 Å². The summed E-state index contributed by atoms with van der Waals surface area (Å²) in [7, 11) is 3.60. The van der Waals surface area contributed by atoms with Gasteiger partial charge in [0.2, 0.25) is 0 Å². The van der Waals surface area contributed by atoms with Crippen LogP contribution in [0.25, 0.3) is 0 Å². The van der Waals surface area contributed by atoms with Gasteiger partial charge in [-0.2, -0.15) is 0 Å². The van der Waals surface area contributed by atoms with Crippen LogP contribution in [0, 0.1) is 0 Å². The second-order valence-corrected chi connectivity index (χ2v) is 5.77. The Morgan fingerprint density at radius 3 is 2.60 bits per heavy atom. The number of rotatable bonds is 7. The molecule has 1 aromatic heterocycles. The predicted molar refractivity (Wildman–Crippen MR) is 83.8 cm³/mol. The van der Waals surface area contributed by atoms with E-state index in [2.05, 4.69) is 24.4 Å². The number of methoxy groups -OCH3 is 1. The average molecular weight is 291 g/mol. The molecule has 0 aliphatic heterocycles. The summed E-state index contributed by atoms with van der Waals surface area (Å²) >= 11 is 1.81. The van der Waals surface area contributed by atoms with E-state index in [1.165, 1.54) is 9.75 Å². The Kier molecular flexibility index (Phi) is 5.44. The van der Waals surface area contributed by atoms with E-state index in [-0.39, 0.29) is 0 Å². The fraction of sp³-hybridized carbons (Fsp3) is 0.375. The van der Waals surface area contributed by atoms with Gasteiger partial charge in [-0.05, 0) is 31.7 Å². The van der Waals surface area contributed by atoms with Crippen molar-refractivity contribution in [2.75, 3.05) is 14.2 Å². The van der Waals surface area contributed by atoms with Gasteiger partial charge >= 0.3 is 0 Å². The molecule has 0 saturated carbocycles. The lowest BCUT2D eigenvalue weighted by Gasteiger charge is -2.12. The Morgan fingerprint density at radius 1 is 1.15 bits per heavy atom. The number of thiophene rings is 1. The minimum atomic E-state index is 0.606. The van der Waals surface area contributed by atoms with Crippen LogP contribution in [0.2, 0.25) is 0 Å². The van der Waals surface area contributed by atoms with Gasteiger partial charge in [0.1, 0.15) is 18.1 Å². The molecule has 20 heavy (non-hydrogen) atoms. The number of nitrogens with one attached hydrogen (secondary N) is 1. The van der Waals surface area contributed by atoms with Crippen molar-refractivity contribution < 1.29 is 9.47 Å². The Balaban J connectivity index is 2.09. The fourth-order valence-electron chi connectivity index (χ4n) is 1.97. The third-order valence-electron chi connectivity index (χ3n) is 3.08. The molecule has 2 rings (SSSR count). The summed E-state index contributed by atoms with van der Waals surface area (Å²) < 4.78 is 11.2. The highest BCUT2D eigenvalue weighted by Gasteiger charge is 2.07. The Hall–Kier alpha value is -1.52. The molecular formula is C16H21NO2S. The van der Waals surface area contributed by atoms with E-state index < -0.39 is 0 Å². The lowest BCUT2D eigenvalue weighted by Crippen LogP contribution is -2.07. The van der Waals surface area contributed by atoms with Crippen molar-refractivity contribution in [2.24, 2.45) is 0 Å². The number of hydrogen-bond acceptors (Lipinski definition) is 4. The molecule has 0 aliphatic carbocycles. The molecule has 1 aromatic carbocycles. The zero-order valence-corrected chi connectivity index (χ0v) is 13.0. The zero-order valence-electron chi connectivity index (χ0n) is 12.2. The summed E-state index contributed by atoms with van der Waals surface area (Å²) in [6.07, 6.45) is 1.08. The van der Waals surface area contributed by atoms with Crippen LogP contribution in [0.5, 0.6) is 11.5 Å². The summed E-state index contributed by atoms with van der Waals surface area (Å²) in [6, 6.07) is 10.3. The minimum absolute atomic E-state index is 0.606. The van der Waals surface area contributed by atoms with Crippen LogP contribution in [0.1, 0.15) is 22.2 Å². The fourth-order valence-corrected chi connectivity index (χ4v) is 2.84. The molecule has 0 fully saturated rings. The first-order chi connectivity index (χ1) is 9.76. The normalized spacial score (nSPS) is 10.6. The molecule has 0 atom stereocenters. The molecule has 0 spiro atoms. The van der Waals surface area contributed by atoms with Gasteiger partial charge in [-0.15, -0.1) is 11.3 Å². The topological polar surface area (TPSA) is 30.5 Å². The Morgan fingerprint density at radius 2 is 1.95 bits per heavy atom. The highest BCUT2D eigenvalue weighted by Crippen LogP contribution is 2.27.